The quantitative estimate of drug-likeness (QED) is 0.767. The van der Waals surface area contributed by atoms with Crippen LogP contribution in [-0.4, -0.2) is 47.9 Å². The summed E-state index contributed by atoms with van der Waals surface area (Å²) >= 11 is 0. The van der Waals surface area contributed by atoms with Crippen LogP contribution in [0.15, 0.2) is 47.3 Å². The van der Waals surface area contributed by atoms with Crippen molar-refractivity contribution in [1.29, 1.82) is 0 Å². The summed E-state index contributed by atoms with van der Waals surface area (Å²) in [5.74, 6) is 0.564. The Balaban J connectivity index is 1.70. The van der Waals surface area contributed by atoms with Crippen LogP contribution in [0, 0.1) is 5.92 Å². The molecule has 0 unspecified atom stereocenters. The first-order valence-corrected chi connectivity index (χ1v) is 10.4. The van der Waals surface area contributed by atoms with Crippen LogP contribution < -0.4 is 0 Å². The first kappa shape index (κ1) is 18.6. The van der Waals surface area contributed by atoms with E-state index < -0.39 is 10.0 Å². The summed E-state index contributed by atoms with van der Waals surface area (Å²) in [6, 6.07) is 7.42. The summed E-state index contributed by atoms with van der Waals surface area (Å²) in [5, 5.41) is 0. The van der Waals surface area contributed by atoms with Gasteiger partial charge in [-0.1, -0.05) is 6.07 Å². The monoisotopic (exact) mass is 377 g/mol. The van der Waals surface area contributed by atoms with Crippen LogP contribution in [0.2, 0.25) is 0 Å². The van der Waals surface area contributed by atoms with Gasteiger partial charge in [0.15, 0.2) is 0 Å². The molecule has 0 bridgehead atoms. The van der Waals surface area contributed by atoms with Crippen LogP contribution >= 0.6 is 0 Å². The fraction of sp³-hybridized carbons (Fsp3) is 0.444. The number of aromatic nitrogens is 1. The molecule has 1 aliphatic rings. The molecule has 1 aliphatic heterocycles. The standard InChI is InChI=1S/C18H23N3O4S/c1-26(23,24)21-9-6-16(7-10-21)18(22)20(14-17-5-3-11-25-17)13-15-4-2-8-19-12-15/h2-5,8,11-12,16H,6-7,9-10,13-14H2,1H3. The summed E-state index contributed by atoms with van der Waals surface area (Å²) in [7, 11) is -3.20. The van der Waals surface area contributed by atoms with Crippen molar-refractivity contribution in [3.05, 3.63) is 54.2 Å². The minimum absolute atomic E-state index is 0.0263. The molecule has 0 N–H and O–H groups in total. The van der Waals surface area contributed by atoms with Gasteiger partial charge in [-0.15, -0.1) is 0 Å². The highest BCUT2D eigenvalue weighted by Crippen LogP contribution is 2.23. The minimum Gasteiger partial charge on any atom is -0.467 e. The van der Waals surface area contributed by atoms with Gasteiger partial charge in [0, 0.05) is 37.9 Å². The van der Waals surface area contributed by atoms with Gasteiger partial charge in [-0.05, 0) is 36.6 Å². The molecule has 0 spiro atoms. The molecule has 1 fully saturated rings. The number of amides is 1. The Morgan fingerprint density at radius 2 is 2.04 bits per heavy atom. The van der Waals surface area contributed by atoms with Crippen molar-refractivity contribution in [3.63, 3.8) is 0 Å². The Kier molecular flexibility index (Phi) is 5.73. The first-order chi connectivity index (χ1) is 12.4. The molecule has 0 atom stereocenters. The second-order valence-electron chi connectivity index (χ2n) is 6.57. The van der Waals surface area contributed by atoms with E-state index in [4.69, 9.17) is 4.42 Å². The Hall–Kier alpha value is -2.19. The van der Waals surface area contributed by atoms with Gasteiger partial charge >= 0.3 is 0 Å². The zero-order valence-electron chi connectivity index (χ0n) is 14.7. The molecular weight excluding hydrogens is 354 g/mol. The van der Waals surface area contributed by atoms with E-state index in [-0.39, 0.29) is 11.8 Å². The number of carbonyl (C=O) groups excluding carboxylic acids is 1. The normalized spacial score (nSPS) is 16.5. The second kappa shape index (κ2) is 8.01. The van der Waals surface area contributed by atoms with E-state index >= 15 is 0 Å². The van der Waals surface area contributed by atoms with E-state index in [1.807, 2.05) is 18.2 Å². The molecule has 0 aliphatic carbocycles. The Labute approximate surface area is 153 Å². The molecule has 0 saturated carbocycles. The van der Waals surface area contributed by atoms with Crippen molar-refractivity contribution in [1.82, 2.24) is 14.2 Å². The number of pyridine rings is 1. The number of sulfonamides is 1. The predicted molar refractivity (Wildman–Crippen MR) is 96.3 cm³/mol. The maximum atomic E-state index is 13.1. The number of carbonyl (C=O) groups is 1. The van der Waals surface area contributed by atoms with Gasteiger partial charge < -0.3 is 9.32 Å². The summed E-state index contributed by atoms with van der Waals surface area (Å²) in [6.07, 6.45) is 7.31. The number of furan rings is 1. The molecule has 2 aromatic rings. The zero-order chi connectivity index (χ0) is 18.6. The Bertz CT molecular complexity index is 813. The summed E-state index contributed by atoms with van der Waals surface area (Å²) in [5.41, 5.74) is 0.945. The van der Waals surface area contributed by atoms with Gasteiger partial charge in [-0.2, -0.15) is 0 Å². The van der Waals surface area contributed by atoms with E-state index in [2.05, 4.69) is 4.98 Å². The first-order valence-electron chi connectivity index (χ1n) is 8.58. The second-order valence-corrected chi connectivity index (χ2v) is 8.55. The predicted octanol–water partition coefficient (Wildman–Crippen LogP) is 1.87. The lowest BCUT2D eigenvalue weighted by atomic mass is 9.96. The van der Waals surface area contributed by atoms with Crippen molar-refractivity contribution in [2.24, 2.45) is 5.92 Å². The lowest BCUT2D eigenvalue weighted by Gasteiger charge is -2.33. The van der Waals surface area contributed by atoms with Gasteiger partial charge in [-0.25, -0.2) is 12.7 Å². The fourth-order valence-electron chi connectivity index (χ4n) is 3.21. The van der Waals surface area contributed by atoms with Crippen molar-refractivity contribution in [2.75, 3.05) is 19.3 Å². The van der Waals surface area contributed by atoms with E-state index in [0.717, 1.165) is 11.3 Å². The molecule has 3 heterocycles. The smallest absolute Gasteiger partial charge is 0.226 e. The van der Waals surface area contributed by atoms with Crippen molar-refractivity contribution >= 4 is 15.9 Å². The largest absolute Gasteiger partial charge is 0.467 e. The molecule has 8 heteroatoms. The molecule has 1 saturated heterocycles. The van der Waals surface area contributed by atoms with Gasteiger partial charge in [0.1, 0.15) is 5.76 Å². The Morgan fingerprint density at radius 1 is 1.27 bits per heavy atom. The molecular formula is C18H23N3O4S. The van der Waals surface area contributed by atoms with E-state index in [9.17, 15) is 13.2 Å². The molecule has 140 valence electrons. The summed E-state index contributed by atoms with van der Waals surface area (Å²) in [6.45, 7) is 1.60. The highest BCUT2D eigenvalue weighted by atomic mass is 32.2. The number of piperidine rings is 1. The average molecular weight is 377 g/mol. The molecule has 3 rings (SSSR count). The lowest BCUT2D eigenvalue weighted by Crippen LogP contribution is -2.43. The zero-order valence-corrected chi connectivity index (χ0v) is 15.6. The van der Waals surface area contributed by atoms with Gasteiger partial charge in [-0.3, -0.25) is 9.78 Å². The van der Waals surface area contributed by atoms with E-state index in [1.165, 1.54) is 10.6 Å². The highest BCUT2D eigenvalue weighted by molar-refractivity contribution is 7.88. The van der Waals surface area contributed by atoms with Crippen LogP contribution in [-0.2, 0) is 27.9 Å². The third-order valence-corrected chi connectivity index (χ3v) is 5.91. The van der Waals surface area contributed by atoms with E-state index in [1.54, 1.807) is 29.6 Å². The van der Waals surface area contributed by atoms with Crippen LogP contribution in [0.25, 0.3) is 0 Å². The molecule has 0 aromatic carbocycles. The molecule has 2 aromatic heterocycles. The van der Waals surface area contributed by atoms with Gasteiger partial charge in [0.2, 0.25) is 15.9 Å². The third kappa shape index (κ3) is 4.70. The maximum Gasteiger partial charge on any atom is 0.226 e. The third-order valence-electron chi connectivity index (χ3n) is 4.61. The fourth-order valence-corrected chi connectivity index (χ4v) is 4.08. The highest BCUT2D eigenvalue weighted by Gasteiger charge is 2.31. The van der Waals surface area contributed by atoms with Crippen LogP contribution in [0.1, 0.15) is 24.2 Å². The van der Waals surface area contributed by atoms with Gasteiger partial charge in [0.25, 0.3) is 0 Å². The van der Waals surface area contributed by atoms with Crippen LogP contribution in [0.3, 0.4) is 0 Å². The number of hydrogen-bond donors (Lipinski definition) is 0. The number of hydrogen-bond acceptors (Lipinski definition) is 5. The van der Waals surface area contributed by atoms with Crippen LogP contribution in [0.5, 0.6) is 0 Å². The number of rotatable bonds is 6. The summed E-state index contributed by atoms with van der Waals surface area (Å²) < 4.78 is 30.2. The topological polar surface area (TPSA) is 83.7 Å². The van der Waals surface area contributed by atoms with Crippen molar-refractivity contribution in [2.45, 2.75) is 25.9 Å². The van der Waals surface area contributed by atoms with Crippen molar-refractivity contribution < 1.29 is 17.6 Å². The van der Waals surface area contributed by atoms with Crippen molar-refractivity contribution in [3.8, 4) is 0 Å². The Morgan fingerprint density at radius 3 is 2.62 bits per heavy atom. The maximum absolute atomic E-state index is 13.1. The van der Waals surface area contributed by atoms with Crippen LogP contribution in [0.4, 0.5) is 0 Å². The molecule has 7 nitrogen and oxygen atoms in total. The molecule has 0 radical (unpaired) electrons. The lowest BCUT2D eigenvalue weighted by molar-refractivity contribution is -0.138. The number of nitrogens with zero attached hydrogens (tertiary/aromatic N) is 3. The minimum atomic E-state index is -3.20. The molecule has 26 heavy (non-hydrogen) atoms. The summed E-state index contributed by atoms with van der Waals surface area (Å²) in [4.78, 5) is 19.0. The SMILES string of the molecule is CS(=O)(=O)N1CCC(C(=O)N(Cc2cccnc2)Cc2ccco2)CC1. The van der Waals surface area contributed by atoms with E-state index in [0.29, 0.717) is 39.0 Å². The molecule has 1 amide bonds. The average Bonchev–Trinajstić information content (AvgIpc) is 3.14. The van der Waals surface area contributed by atoms with Gasteiger partial charge in [0.05, 0.1) is 19.1 Å².